The molecule has 11 aromatic carbocycles. The van der Waals surface area contributed by atoms with Crippen molar-refractivity contribution < 1.29 is 0 Å². The first-order valence-corrected chi connectivity index (χ1v) is 23.2. The number of aromatic nitrogens is 4. The van der Waals surface area contributed by atoms with Gasteiger partial charge in [-0.1, -0.05) is 194 Å². The van der Waals surface area contributed by atoms with Gasteiger partial charge in [0.1, 0.15) is 0 Å². The number of hydrogen-bond acceptors (Lipinski definition) is 2. The number of fused-ring (bicyclic) bond motifs is 11. The monoisotopic (exact) mass is 864 g/mol. The normalized spacial score (nSPS) is 11.8. The van der Waals surface area contributed by atoms with Crippen LogP contribution in [0.3, 0.4) is 0 Å². The molecule has 0 bridgehead atoms. The van der Waals surface area contributed by atoms with Gasteiger partial charge in [-0.05, 0) is 75.6 Å². The summed E-state index contributed by atoms with van der Waals surface area (Å²) < 4.78 is 4.92. The Morgan fingerprint density at radius 2 is 0.809 bits per heavy atom. The first-order valence-electron chi connectivity index (χ1n) is 23.2. The third-order valence-corrected chi connectivity index (χ3v) is 13.9. The molecule has 0 unspecified atom stereocenters. The van der Waals surface area contributed by atoms with Crippen LogP contribution in [0.4, 0.5) is 0 Å². The lowest BCUT2D eigenvalue weighted by atomic mass is 9.99. The van der Waals surface area contributed by atoms with E-state index in [4.69, 9.17) is 9.97 Å². The molecule has 14 rings (SSSR count). The number of rotatable bonds is 6. The summed E-state index contributed by atoms with van der Waals surface area (Å²) in [7, 11) is 0. The Balaban J connectivity index is 1.01. The van der Waals surface area contributed by atoms with Crippen LogP contribution in [0, 0.1) is 0 Å². The van der Waals surface area contributed by atoms with Gasteiger partial charge in [0.05, 0.1) is 33.5 Å². The summed E-state index contributed by atoms with van der Waals surface area (Å²) in [5.74, 6) is 0.676. The minimum atomic E-state index is 0.676. The zero-order valence-corrected chi connectivity index (χ0v) is 36.9. The van der Waals surface area contributed by atoms with Gasteiger partial charge < -0.3 is 9.13 Å². The Morgan fingerprint density at radius 1 is 0.265 bits per heavy atom. The lowest BCUT2D eigenvalue weighted by molar-refractivity contribution is 1.16. The highest BCUT2D eigenvalue weighted by molar-refractivity contribution is 6.22. The van der Waals surface area contributed by atoms with Crippen molar-refractivity contribution in [3.8, 4) is 56.4 Å². The molecule has 14 aromatic rings. The third kappa shape index (κ3) is 6.01. The average molecular weight is 865 g/mol. The van der Waals surface area contributed by atoms with Crippen molar-refractivity contribution in [2.24, 2.45) is 0 Å². The van der Waals surface area contributed by atoms with Crippen molar-refractivity contribution in [3.63, 3.8) is 0 Å². The smallest absolute Gasteiger partial charge is 0.160 e. The molecule has 0 saturated heterocycles. The Morgan fingerprint density at radius 3 is 1.57 bits per heavy atom. The average Bonchev–Trinajstić information content (AvgIpc) is 3.95. The maximum atomic E-state index is 5.34. The van der Waals surface area contributed by atoms with E-state index in [0.29, 0.717) is 5.82 Å². The highest BCUT2D eigenvalue weighted by Gasteiger charge is 2.22. The quantitative estimate of drug-likeness (QED) is 0.167. The molecule has 4 heteroatoms. The largest absolute Gasteiger partial charge is 0.309 e. The fraction of sp³-hybridized carbons (Fsp3) is 0. The van der Waals surface area contributed by atoms with Gasteiger partial charge in [-0.2, -0.15) is 0 Å². The van der Waals surface area contributed by atoms with E-state index in [0.717, 1.165) is 56.1 Å². The van der Waals surface area contributed by atoms with Crippen molar-refractivity contribution >= 4 is 75.9 Å². The van der Waals surface area contributed by atoms with Crippen LogP contribution in [0.25, 0.3) is 132 Å². The van der Waals surface area contributed by atoms with Crippen LogP contribution in [-0.2, 0) is 0 Å². The van der Waals surface area contributed by atoms with Gasteiger partial charge >= 0.3 is 0 Å². The molecule has 0 saturated carbocycles. The van der Waals surface area contributed by atoms with Gasteiger partial charge in [0.25, 0.3) is 0 Å². The molecule has 0 radical (unpaired) electrons. The van der Waals surface area contributed by atoms with E-state index in [1.165, 1.54) is 70.4 Å². The van der Waals surface area contributed by atoms with Gasteiger partial charge in [0, 0.05) is 65.9 Å². The molecule has 316 valence electrons. The molecule has 68 heavy (non-hydrogen) atoms. The van der Waals surface area contributed by atoms with Crippen molar-refractivity contribution in [2.45, 2.75) is 0 Å². The van der Waals surface area contributed by atoms with Gasteiger partial charge in [-0.3, -0.25) is 0 Å². The lowest BCUT2D eigenvalue weighted by Gasteiger charge is -2.15. The Labute approximate surface area is 392 Å². The lowest BCUT2D eigenvalue weighted by Crippen LogP contribution is -1.99. The van der Waals surface area contributed by atoms with Gasteiger partial charge in [0.2, 0.25) is 0 Å². The summed E-state index contributed by atoms with van der Waals surface area (Å²) in [5.41, 5.74) is 14.0. The van der Waals surface area contributed by atoms with Crippen molar-refractivity contribution in [1.29, 1.82) is 0 Å². The first kappa shape index (κ1) is 38.2. The predicted molar refractivity (Wildman–Crippen MR) is 285 cm³/mol. The second kappa shape index (κ2) is 15.2. The molecule has 4 nitrogen and oxygen atoms in total. The van der Waals surface area contributed by atoms with E-state index in [-0.39, 0.29) is 0 Å². The molecule has 0 N–H and O–H groups in total. The van der Waals surface area contributed by atoms with Gasteiger partial charge in [0.15, 0.2) is 5.82 Å². The van der Waals surface area contributed by atoms with Gasteiger partial charge in [-0.15, -0.1) is 0 Å². The zero-order valence-electron chi connectivity index (χ0n) is 36.9. The number of para-hydroxylation sites is 2. The maximum absolute atomic E-state index is 5.34. The molecule has 0 fully saturated rings. The molecule has 0 aliphatic heterocycles. The minimum absolute atomic E-state index is 0.676. The Hall–Kier alpha value is -9.12. The summed E-state index contributed by atoms with van der Waals surface area (Å²) in [6.45, 7) is 0. The summed E-state index contributed by atoms with van der Waals surface area (Å²) in [5, 5.41) is 12.1. The van der Waals surface area contributed by atoms with Crippen LogP contribution in [0.2, 0.25) is 0 Å². The van der Waals surface area contributed by atoms with Crippen LogP contribution in [0.15, 0.2) is 243 Å². The highest BCUT2D eigenvalue weighted by Crippen LogP contribution is 2.44. The second-order valence-corrected chi connectivity index (χ2v) is 17.7. The maximum Gasteiger partial charge on any atom is 0.160 e. The molecule has 0 aliphatic carbocycles. The summed E-state index contributed by atoms with van der Waals surface area (Å²) in [6.07, 6.45) is 0. The van der Waals surface area contributed by atoms with Crippen LogP contribution < -0.4 is 0 Å². The molecule has 0 aliphatic rings. The van der Waals surface area contributed by atoms with Crippen LogP contribution in [-0.4, -0.2) is 19.1 Å². The molecule has 3 aromatic heterocycles. The number of hydrogen-bond donors (Lipinski definition) is 0. The van der Waals surface area contributed by atoms with E-state index < -0.39 is 0 Å². The zero-order chi connectivity index (χ0) is 44.7. The van der Waals surface area contributed by atoms with E-state index in [1.807, 2.05) is 6.07 Å². The van der Waals surface area contributed by atoms with E-state index in [1.54, 1.807) is 0 Å². The SMILES string of the molecule is c1ccc(-c2cc(-c3ccc4ccccc4c3)nc(-c3cccc(-n4c5c(-c6ccc7c(c6)c6ccc8ccccc8c6n7-c6ccccc6)cccc5c5ccc6ccccc6c54)c3)n2)cc1. The van der Waals surface area contributed by atoms with Gasteiger partial charge in [-0.25, -0.2) is 9.97 Å². The molecular weight excluding hydrogens is 825 g/mol. The fourth-order valence-electron chi connectivity index (χ4n) is 10.7. The molecule has 0 amide bonds. The van der Waals surface area contributed by atoms with Crippen molar-refractivity contribution in [3.05, 3.63) is 243 Å². The van der Waals surface area contributed by atoms with E-state index >= 15 is 0 Å². The molecule has 0 spiro atoms. The fourth-order valence-corrected chi connectivity index (χ4v) is 10.7. The first-order chi connectivity index (χ1) is 33.7. The summed E-state index contributed by atoms with van der Waals surface area (Å²) in [4.78, 5) is 10.6. The van der Waals surface area contributed by atoms with Crippen molar-refractivity contribution in [2.75, 3.05) is 0 Å². The van der Waals surface area contributed by atoms with E-state index in [9.17, 15) is 0 Å². The molecule has 3 heterocycles. The summed E-state index contributed by atoms with van der Waals surface area (Å²) in [6, 6.07) is 87.6. The number of benzene rings is 11. The standard InChI is InChI=1S/C64H40N4/c1-3-18-44(19-4-1)58-40-59(47-30-29-41-15-7-8-20-45(41)37-47)66-64(65-58)48-21-13-24-50(38-48)68-62-52-26-12-10-17-43(52)31-34-55(62)54-28-14-27-53(63(54)68)46-33-36-60-57(39-46)56-35-32-42-16-9-11-25-51(42)61(56)67(60)49-22-5-2-6-23-49/h1-40H. The Bertz CT molecular complexity index is 4310. The second-order valence-electron chi connectivity index (χ2n) is 17.7. The highest BCUT2D eigenvalue weighted by atomic mass is 15.0. The minimum Gasteiger partial charge on any atom is -0.309 e. The van der Waals surface area contributed by atoms with Crippen LogP contribution in [0.5, 0.6) is 0 Å². The number of nitrogens with zero attached hydrogens (tertiary/aromatic N) is 4. The molecular formula is C64H40N4. The topological polar surface area (TPSA) is 35.6 Å². The van der Waals surface area contributed by atoms with Crippen LogP contribution >= 0.6 is 0 Å². The summed E-state index contributed by atoms with van der Waals surface area (Å²) >= 11 is 0. The van der Waals surface area contributed by atoms with E-state index in [2.05, 4.69) is 246 Å². The predicted octanol–water partition coefficient (Wildman–Crippen LogP) is 16.8. The Kier molecular flexibility index (Phi) is 8.55. The third-order valence-electron chi connectivity index (χ3n) is 13.9. The van der Waals surface area contributed by atoms with Crippen LogP contribution in [0.1, 0.15) is 0 Å². The molecule has 0 atom stereocenters. The van der Waals surface area contributed by atoms with Crippen molar-refractivity contribution in [1.82, 2.24) is 19.1 Å².